The van der Waals surface area contributed by atoms with E-state index in [4.69, 9.17) is 0 Å². The maximum Gasteiger partial charge on any atom is 0.416 e. The topological polar surface area (TPSA) is 87.3 Å². The fourth-order valence-electron chi connectivity index (χ4n) is 2.03. The highest BCUT2D eigenvalue weighted by molar-refractivity contribution is 7.89. The molecule has 6 nitrogen and oxygen atoms in total. The van der Waals surface area contributed by atoms with E-state index in [0.717, 1.165) is 30.3 Å². The molecule has 0 aliphatic heterocycles. The van der Waals surface area contributed by atoms with E-state index in [2.05, 4.69) is 10.9 Å². The number of amides is 1. The summed E-state index contributed by atoms with van der Waals surface area (Å²) in [4.78, 5) is 11.3. The number of hydrogen-bond acceptors (Lipinski definition) is 4. The van der Waals surface area contributed by atoms with Crippen molar-refractivity contribution in [2.45, 2.75) is 24.0 Å². The number of carbonyl (C=O) groups is 1. The second-order valence-electron chi connectivity index (χ2n) is 5.47. The molecule has 3 N–H and O–H groups in total. The Balaban J connectivity index is 2.01. The molecule has 0 aromatic heterocycles. The van der Waals surface area contributed by atoms with Crippen LogP contribution in [-0.4, -0.2) is 20.4 Å². The fraction of sp³-hybridized carbons (Fsp3) is 0.188. The van der Waals surface area contributed by atoms with Gasteiger partial charge in [0.25, 0.3) is 5.91 Å². The second-order valence-corrected chi connectivity index (χ2v) is 7.15. The van der Waals surface area contributed by atoms with Crippen molar-refractivity contribution in [1.29, 1.82) is 0 Å². The van der Waals surface area contributed by atoms with Crippen LogP contribution in [0, 0.1) is 5.82 Å². The number of anilines is 1. The van der Waals surface area contributed by atoms with Crippen LogP contribution in [0.2, 0.25) is 0 Å². The number of sulfonamides is 1. The Kier molecular flexibility index (Phi) is 6.06. The largest absolute Gasteiger partial charge is 0.416 e. The van der Waals surface area contributed by atoms with Gasteiger partial charge in [-0.05, 0) is 37.3 Å². The van der Waals surface area contributed by atoms with Crippen molar-refractivity contribution < 1.29 is 30.8 Å². The lowest BCUT2D eigenvalue weighted by Gasteiger charge is -2.16. The van der Waals surface area contributed by atoms with Crippen LogP contribution in [0.3, 0.4) is 0 Å². The van der Waals surface area contributed by atoms with E-state index in [1.165, 1.54) is 25.1 Å². The average Bonchev–Trinajstić information content (AvgIpc) is 2.59. The molecule has 0 saturated heterocycles. The second kappa shape index (κ2) is 7.92. The number of halogens is 4. The molecule has 2 rings (SSSR count). The standard InChI is InChI=1S/C16H15F4N3O3S/c1-10(23-27(25,26)14-8-3-2-7-13(14)17)15(24)22-21-12-6-4-5-11(9-12)16(18,19)20/h2-10,21,23H,1H3,(H,22,24)/t10-/m0/s1. The molecule has 0 heterocycles. The van der Waals surface area contributed by atoms with Gasteiger partial charge in [0.05, 0.1) is 17.3 Å². The molecule has 2 aromatic rings. The van der Waals surface area contributed by atoms with Crippen LogP contribution in [0.25, 0.3) is 0 Å². The Morgan fingerprint density at radius 3 is 2.37 bits per heavy atom. The molecular formula is C16H15F4N3O3S. The Morgan fingerprint density at radius 1 is 1.07 bits per heavy atom. The lowest BCUT2D eigenvalue weighted by molar-refractivity contribution is -0.137. The van der Waals surface area contributed by atoms with Crippen molar-refractivity contribution in [2.24, 2.45) is 0 Å². The molecule has 27 heavy (non-hydrogen) atoms. The summed E-state index contributed by atoms with van der Waals surface area (Å²) in [5, 5.41) is 0. The van der Waals surface area contributed by atoms with Gasteiger partial charge in [0.2, 0.25) is 10.0 Å². The average molecular weight is 405 g/mol. The normalized spacial score (nSPS) is 13.1. The monoisotopic (exact) mass is 405 g/mol. The molecule has 0 aliphatic carbocycles. The summed E-state index contributed by atoms with van der Waals surface area (Å²) in [5.41, 5.74) is 3.38. The summed E-state index contributed by atoms with van der Waals surface area (Å²) in [6, 6.07) is 7.34. The minimum atomic E-state index is -4.55. The van der Waals surface area contributed by atoms with Crippen LogP contribution >= 0.6 is 0 Å². The highest BCUT2D eigenvalue weighted by Gasteiger charge is 2.30. The molecule has 11 heteroatoms. The van der Waals surface area contributed by atoms with E-state index in [-0.39, 0.29) is 5.69 Å². The predicted molar refractivity (Wildman–Crippen MR) is 89.4 cm³/mol. The zero-order valence-electron chi connectivity index (χ0n) is 13.8. The Labute approximate surface area is 152 Å². The Hall–Kier alpha value is -2.66. The Bertz CT molecular complexity index is 933. The van der Waals surface area contributed by atoms with Gasteiger partial charge in [0.15, 0.2) is 0 Å². The quantitative estimate of drug-likeness (QED) is 0.509. The van der Waals surface area contributed by atoms with Gasteiger partial charge in [-0.15, -0.1) is 0 Å². The molecule has 0 fully saturated rings. The van der Waals surface area contributed by atoms with Crippen LogP contribution < -0.4 is 15.6 Å². The SMILES string of the molecule is C[C@H](NS(=O)(=O)c1ccccc1F)C(=O)NNc1cccc(C(F)(F)F)c1. The summed E-state index contributed by atoms with van der Waals surface area (Å²) in [5.74, 6) is -1.87. The first-order chi connectivity index (χ1) is 12.5. The smallest absolute Gasteiger partial charge is 0.299 e. The number of hydrogen-bond donors (Lipinski definition) is 3. The van der Waals surface area contributed by atoms with Crippen molar-refractivity contribution in [2.75, 3.05) is 5.43 Å². The molecule has 2 aromatic carbocycles. The zero-order valence-corrected chi connectivity index (χ0v) is 14.7. The van der Waals surface area contributed by atoms with Crippen molar-refractivity contribution in [3.8, 4) is 0 Å². The highest BCUT2D eigenvalue weighted by Crippen LogP contribution is 2.30. The first-order valence-corrected chi connectivity index (χ1v) is 8.99. The molecule has 0 unspecified atom stereocenters. The fourth-order valence-corrected chi connectivity index (χ4v) is 3.31. The van der Waals surface area contributed by atoms with E-state index >= 15 is 0 Å². The van der Waals surface area contributed by atoms with Crippen LogP contribution in [0.5, 0.6) is 0 Å². The van der Waals surface area contributed by atoms with Crippen LogP contribution in [0.4, 0.5) is 23.2 Å². The van der Waals surface area contributed by atoms with Gasteiger partial charge in [-0.25, -0.2) is 12.8 Å². The third-order valence-electron chi connectivity index (χ3n) is 3.37. The summed E-state index contributed by atoms with van der Waals surface area (Å²) >= 11 is 0. The minimum Gasteiger partial charge on any atom is -0.299 e. The lowest BCUT2D eigenvalue weighted by atomic mass is 10.2. The van der Waals surface area contributed by atoms with Gasteiger partial charge < -0.3 is 0 Å². The number of alkyl halides is 3. The summed E-state index contributed by atoms with van der Waals surface area (Å²) in [7, 11) is -4.31. The van der Waals surface area contributed by atoms with Crippen molar-refractivity contribution >= 4 is 21.6 Å². The first kappa shape index (κ1) is 20.6. The number of hydrazine groups is 1. The number of carbonyl (C=O) groups excluding carboxylic acids is 1. The number of rotatable bonds is 6. The molecular weight excluding hydrogens is 390 g/mol. The molecule has 0 spiro atoms. The zero-order chi connectivity index (χ0) is 20.2. The van der Waals surface area contributed by atoms with E-state index in [0.29, 0.717) is 0 Å². The van der Waals surface area contributed by atoms with E-state index < -0.39 is 44.4 Å². The molecule has 146 valence electrons. The molecule has 0 aliphatic rings. The summed E-state index contributed by atoms with van der Waals surface area (Å²) in [6.45, 7) is 1.20. The van der Waals surface area contributed by atoms with Gasteiger partial charge in [0.1, 0.15) is 10.7 Å². The molecule has 0 radical (unpaired) electrons. The van der Waals surface area contributed by atoms with Crippen LogP contribution in [0.15, 0.2) is 53.4 Å². The summed E-state index contributed by atoms with van der Waals surface area (Å²) < 4.78 is 77.8. The van der Waals surface area contributed by atoms with Crippen LogP contribution in [-0.2, 0) is 21.0 Å². The lowest BCUT2D eigenvalue weighted by Crippen LogP contribution is -2.46. The maximum absolute atomic E-state index is 13.6. The number of nitrogens with one attached hydrogen (secondary N) is 3. The van der Waals surface area contributed by atoms with Gasteiger partial charge in [-0.3, -0.25) is 15.6 Å². The van der Waals surface area contributed by atoms with Crippen molar-refractivity contribution in [3.63, 3.8) is 0 Å². The Morgan fingerprint density at radius 2 is 1.74 bits per heavy atom. The van der Waals surface area contributed by atoms with E-state index in [1.54, 1.807) is 0 Å². The first-order valence-electron chi connectivity index (χ1n) is 7.51. The van der Waals surface area contributed by atoms with E-state index in [9.17, 15) is 30.8 Å². The number of benzene rings is 2. The predicted octanol–water partition coefficient (Wildman–Crippen LogP) is 2.65. The molecule has 0 saturated carbocycles. The van der Waals surface area contributed by atoms with E-state index in [1.807, 2.05) is 4.72 Å². The molecule has 1 amide bonds. The van der Waals surface area contributed by atoms with Gasteiger partial charge in [-0.2, -0.15) is 17.9 Å². The van der Waals surface area contributed by atoms with Crippen LogP contribution in [0.1, 0.15) is 12.5 Å². The van der Waals surface area contributed by atoms with Gasteiger partial charge in [0, 0.05) is 0 Å². The summed E-state index contributed by atoms with van der Waals surface area (Å²) in [6.07, 6.45) is -4.55. The van der Waals surface area contributed by atoms with Crippen molar-refractivity contribution in [3.05, 3.63) is 59.9 Å². The van der Waals surface area contributed by atoms with Gasteiger partial charge >= 0.3 is 6.18 Å². The third-order valence-corrected chi connectivity index (χ3v) is 4.95. The van der Waals surface area contributed by atoms with Crippen molar-refractivity contribution in [1.82, 2.24) is 10.1 Å². The molecule has 1 atom stereocenters. The third kappa shape index (κ3) is 5.41. The minimum absolute atomic E-state index is 0.0534. The maximum atomic E-state index is 13.6. The highest BCUT2D eigenvalue weighted by atomic mass is 32.2. The molecule has 0 bridgehead atoms. The van der Waals surface area contributed by atoms with Gasteiger partial charge in [-0.1, -0.05) is 18.2 Å².